The lowest BCUT2D eigenvalue weighted by molar-refractivity contribution is -0.144. The number of amides is 2. The van der Waals surface area contributed by atoms with Crippen molar-refractivity contribution in [1.29, 1.82) is 0 Å². The van der Waals surface area contributed by atoms with Gasteiger partial charge in [-0.05, 0) is 34.4 Å². The molecule has 0 spiro atoms. The minimum atomic E-state index is -0.750. The number of hydrogen-bond acceptors (Lipinski definition) is 6. The van der Waals surface area contributed by atoms with Gasteiger partial charge in [-0.25, -0.2) is 4.98 Å². The summed E-state index contributed by atoms with van der Waals surface area (Å²) in [5.41, 5.74) is 5.36. The van der Waals surface area contributed by atoms with Gasteiger partial charge in [0.05, 0.1) is 28.4 Å². The van der Waals surface area contributed by atoms with Gasteiger partial charge in [-0.15, -0.1) is 11.3 Å². The number of aryl methyl sites for hydroxylation is 1. The Balaban J connectivity index is 1.48. The Morgan fingerprint density at radius 3 is 2.39 bits per heavy atom. The second kappa shape index (κ2) is 10.6. The Kier molecular flexibility index (Phi) is 7.81. The average molecular weight is 538 g/mol. The molecule has 0 unspecified atom stereocenters. The van der Waals surface area contributed by atoms with Gasteiger partial charge in [0.2, 0.25) is 11.8 Å². The lowest BCUT2D eigenvalue weighted by Crippen LogP contribution is -2.50. The molecule has 0 aliphatic carbocycles. The van der Waals surface area contributed by atoms with Crippen LogP contribution in [0.5, 0.6) is 0 Å². The standard InChI is InChI=1S/C29H39N5O3S/c1-18-24(38-17-31-18)20-10-8-19(9-11-20)13-30-26(36)23-12-22(35)16-33(23)27(37)25(29(5,6)7)34-15-21(14-32-34)28(2,3)4/h8-11,14-15,17,22-23,25,35H,12-13,16H2,1-7H3,(H,30,36)/t22-,23+,25-/m1/s1. The number of carbonyl (C=O) groups excluding carboxylic acids is 2. The van der Waals surface area contributed by atoms with Crippen LogP contribution in [0.1, 0.15) is 70.8 Å². The molecule has 38 heavy (non-hydrogen) atoms. The molecule has 1 aromatic carbocycles. The first-order chi connectivity index (χ1) is 17.8. The second-order valence-electron chi connectivity index (χ2n) is 12.3. The third-order valence-corrected chi connectivity index (χ3v) is 8.06. The molecule has 9 heteroatoms. The van der Waals surface area contributed by atoms with E-state index in [1.807, 2.05) is 63.7 Å². The maximum atomic E-state index is 13.9. The van der Waals surface area contributed by atoms with Crippen molar-refractivity contribution in [3.63, 3.8) is 0 Å². The van der Waals surface area contributed by atoms with Crippen LogP contribution in [0.2, 0.25) is 0 Å². The van der Waals surface area contributed by atoms with Crippen molar-refractivity contribution in [2.45, 2.75) is 85.0 Å². The van der Waals surface area contributed by atoms with Gasteiger partial charge in [0.1, 0.15) is 12.1 Å². The summed E-state index contributed by atoms with van der Waals surface area (Å²) in [6, 6.07) is 6.69. The third-order valence-electron chi connectivity index (χ3n) is 7.08. The van der Waals surface area contributed by atoms with E-state index in [1.54, 1.807) is 22.2 Å². The summed E-state index contributed by atoms with van der Waals surface area (Å²) in [4.78, 5) is 34.2. The van der Waals surface area contributed by atoms with Crippen LogP contribution < -0.4 is 5.32 Å². The van der Waals surface area contributed by atoms with Crippen molar-refractivity contribution in [2.24, 2.45) is 5.41 Å². The van der Waals surface area contributed by atoms with Gasteiger partial charge in [-0.1, -0.05) is 65.8 Å². The summed E-state index contributed by atoms with van der Waals surface area (Å²) in [6.45, 7) is 14.7. The molecule has 1 aliphatic rings. The zero-order chi connectivity index (χ0) is 27.8. The van der Waals surface area contributed by atoms with E-state index in [2.05, 4.69) is 36.2 Å². The van der Waals surface area contributed by atoms with Crippen LogP contribution in [0, 0.1) is 12.3 Å². The fourth-order valence-electron chi connectivity index (χ4n) is 4.87. The van der Waals surface area contributed by atoms with Gasteiger partial charge in [0, 0.05) is 25.7 Å². The Hall–Kier alpha value is -3.04. The number of carbonyl (C=O) groups is 2. The van der Waals surface area contributed by atoms with E-state index in [0.717, 1.165) is 27.3 Å². The highest BCUT2D eigenvalue weighted by Gasteiger charge is 2.45. The zero-order valence-electron chi connectivity index (χ0n) is 23.4. The van der Waals surface area contributed by atoms with Crippen LogP contribution in [0.25, 0.3) is 10.4 Å². The quantitative estimate of drug-likeness (QED) is 0.483. The van der Waals surface area contributed by atoms with E-state index in [9.17, 15) is 14.7 Å². The summed E-state index contributed by atoms with van der Waals surface area (Å²) in [5.74, 6) is -0.470. The number of likely N-dealkylation sites (tertiary alicyclic amines) is 1. The van der Waals surface area contributed by atoms with Gasteiger partial charge in [-0.2, -0.15) is 5.10 Å². The number of rotatable bonds is 6. The highest BCUT2D eigenvalue weighted by molar-refractivity contribution is 7.13. The molecule has 1 saturated heterocycles. The fraction of sp³-hybridized carbons (Fsp3) is 0.517. The van der Waals surface area contributed by atoms with Gasteiger partial charge in [0.15, 0.2) is 0 Å². The Bertz CT molecular complexity index is 1280. The van der Waals surface area contributed by atoms with Gasteiger partial charge >= 0.3 is 0 Å². The van der Waals surface area contributed by atoms with Crippen LogP contribution in [-0.2, 0) is 21.5 Å². The first-order valence-corrected chi connectivity index (χ1v) is 13.9. The molecule has 2 aromatic heterocycles. The molecule has 4 rings (SSSR count). The largest absolute Gasteiger partial charge is 0.391 e. The fourth-order valence-corrected chi connectivity index (χ4v) is 5.68. The van der Waals surface area contributed by atoms with Crippen LogP contribution in [0.15, 0.2) is 42.2 Å². The molecule has 1 fully saturated rings. The molecule has 0 radical (unpaired) electrons. The van der Waals surface area contributed by atoms with E-state index in [1.165, 1.54) is 4.90 Å². The third kappa shape index (κ3) is 5.99. The maximum absolute atomic E-state index is 13.9. The molecule has 8 nitrogen and oxygen atoms in total. The summed E-state index contributed by atoms with van der Waals surface area (Å²) < 4.78 is 1.72. The first-order valence-electron chi connectivity index (χ1n) is 13.1. The molecular weight excluding hydrogens is 498 g/mol. The van der Waals surface area contributed by atoms with E-state index in [-0.39, 0.29) is 30.2 Å². The molecule has 3 heterocycles. The number of aliphatic hydroxyl groups is 1. The van der Waals surface area contributed by atoms with Crippen LogP contribution in [0.3, 0.4) is 0 Å². The monoisotopic (exact) mass is 537 g/mol. The van der Waals surface area contributed by atoms with Crippen molar-refractivity contribution in [2.75, 3.05) is 6.54 Å². The predicted molar refractivity (Wildman–Crippen MR) is 150 cm³/mol. The number of β-amino-alcohol motifs (C(OH)–C–C–N with tert-alkyl or cyclic N) is 1. The molecule has 3 atom stereocenters. The van der Waals surface area contributed by atoms with Crippen molar-refractivity contribution in [3.05, 3.63) is 59.0 Å². The zero-order valence-corrected chi connectivity index (χ0v) is 24.2. The van der Waals surface area contributed by atoms with Gasteiger partial charge in [-0.3, -0.25) is 14.3 Å². The smallest absolute Gasteiger partial charge is 0.248 e. The van der Waals surface area contributed by atoms with Crippen molar-refractivity contribution < 1.29 is 14.7 Å². The number of nitrogens with one attached hydrogen (secondary N) is 1. The number of thiazole rings is 1. The normalized spacial score (nSPS) is 19.0. The van der Waals surface area contributed by atoms with E-state index in [0.29, 0.717) is 6.54 Å². The molecule has 204 valence electrons. The Labute approximate surface area is 229 Å². The van der Waals surface area contributed by atoms with E-state index in [4.69, 9.17) is 0 Å². The van der Waals surface area contributed by atoms with Crippen LogP contribution in [-0.4, -0.2) is 55.3 Å². The molecule has 0 saturated carbocycles. The topological polar surface area (TPSA) is 100 Å². The Morgan fingerprint density at radius 2 is 1.84 bits per heavy atom. The second-order valence-corrected chi connectivity index (χ2v) is 13.2. The van der Waals surface area contributed by atoms with Crippen LogP contribution in [0.4, 0.5) is 0 Å². The Morgan fingerprint density at radius 1 is 1.16 bits per heavy atom. The minimum Gasteiger partial charge on any atom is -0.391 e. The number of hydrogen-bond donors (Lipinski definition) is 2. The van der Waals surface area contributed by atoms with Crippen molar-refractivity contribution in [3.8, 4) is 10.4 Å². The number of benzene rings is 1. The van der Waals surface area contributed by atoms with E-state index >= 15 is 0 Å². The maximum Gasteiger partial charge on any atom is 0.248 e. The highest BCUT2D eigenvalue weighted by atomic mass is 32.1. The van der Waals surface area contributed by atoms with E-state index < -0.39 is 23.6 Å². The molecular formula is C29H39N5O3S. The average Bonchev–Trinajstić information content (AvgIpc) is 3.57. The van der Waals surface area contributed by atoms with Crippen molar-refractivity contribution in [1.82, 2.24) is 25.0 Å². The lowest BCUT2D eigenvalue weighted by atomic mass is 9.85. The summed E-state index contributed by atoms with van der Waals surface area (Å²) in [6.07, 6.45) is 3.19. The molecule has 0 bridgehead atoms. The highest BCUT2D eigenvalue weighted by Crippen LogP contribution is 2.35. The summed E-state index contributed by atoms with van der Waals surface area (Å²) in [7, 11) is 0. The molecule has 1 aliphatic heterocycles. The SMILES string of the molecule is Cc1ncsc1-c1ccc(CNC(=O)[C@@H]2C[C@@H](O)CN2C(=O)[C@@H](n2cc(C(C)(C)C)cn2)C(C)(C)C)cc1. The lowest BCUT2D eigenvalue weighted by Gasteiger charge is -2.35. The van der Waals surface area contributed by atoms with Gasteiger partial charge in [0.25, 0.3) is 0 Å². The summed E-state index contributed by atoms with van der Waals surface area (Å²) in [5, 5.41) is 18.0. The predicted octanol–water partition coefficient (Wildman–Crippen LogP) is 4.48. The van der Waals surface area contributed by atoms with Gasteiger partial charge < -0.3 is 15.3 Å². The summed E-state index contributed by atoms with van der Waals surface area (Å²) >= 11 is 1.60. The van der Waals surface area contributed by atoms with Crippen LogP contribution >= 0.6 is 11.3 Å². The molecule has 3 aromatic rings. The minimum absolute atomic E-state index is 0.103. The number of aliphatic hydroxyl groups excluding tert-OH is 1. The first kappa shape index (κ1) is 28.0. The molecule has 2 N–H and O–H groups in total. The number of nitrogens with zero attached hydrogens (tertiary/aromatic N) is 4. The number of aromatic nitrogens is 3. The van der Waals surface area contributed by atoms with Crippen molar-refractivity contribution >= 4 is 23.2 Å². The molecule has 2 amide bonds.